The summed E-state index contributed by atoms with van der Waals surface area (Å²) in [5, 5.41) is 2.89. The van der Waals surface area contributed by atoms with Crippen LogP contribution in [-0.4, -0.2) is 54.7 Å². The van der Waals surface area contributed by atoms with E-state index in [1.54, 1.807) is 18.3 Å². The number of hydrogen-bond donors (Lipinski definition) is 1. The van der Waals surface area contributed by atoms with Crippen LogP contribution in [0.2, 0.25) is 0 Å². The number of rotatable bonds is 4. The predicted molar refractivity (Wildman–Crippen MR) is 76.1 cm³/mol. The summed E-state index contributed by atoms with van der Waals surface area (Å²) < 4.78 is 6.36. The third-order valence-electron chi connectivity index (χ3n) is 3.15. The fourth-order valence-electron chi connectivity index (χ4n) is 2.01. The number of halogens is 1. The summed E-state index contributed by atoms with van der Waals surface area (Å²) in [6.07, 6.45) is 1.63. The van der Waals surface area contributed by atoms with Gasteiger partial charge in [-0.3, -0.25) is 9.69 Å². The number of morpholine rings is 1. The topological polar surface area (TPSA) is 54.5 Å². The largest absolute Gasteiger partial charge is 0.374 e. The summed E-state index contributed by atoms with van der Waals surface area (Å²) in [5.41, 5.74) is 0.561. The van der Waals surface area contributed by atoms with E-state index < -0.39 is 0 Å². The Hall–Kier alpha value is -0.980. The monoisotopic (exact) mass is 327 g/mol. The van der Waals surface area contributed by atoms with Gasteiger partial charge in [0.05, 0.1) is 18.3 Å². The molecule has 0 saturated carbocycles. The lowest BCUT2D eigenvalue weighted by molar-refractivity contribution is -0.0246. The summed E-state index contributed by atoms with van der Waals surface area (Å²) in [5.74, 6) is -0.114. The Morgan fingerprint density at radius 2 is 2.47 bits per heavy atom. The molecule has 1 aliphatic rings. The van der Waals surface area contributed by atoms with Crippen molar-refractivity contribution in [1.29, 1.82) is 0 Å². The molecule has 1 aliphatic heterocycles. The molecule has 19 heavy (non-hydrogen) atoms. The third-order valence-corrected chi connectivity index (χ3v) is 3.62. The summed E-state index contributed by atoms with van der Waals surface area (Å²) in [6.45, 7) is 6.26. The summed E-state index contributed by atoms with van der Waals surface area (Å²) >= 11 is 3.24. The van der Waals surface area contributed by atoms with Crippen LogP contribution in [0, 0.1) is 0 Å². The van der Waals surface area contributed by atoms with Gasteiger partial charge in [0.1, 0.15) is 4.60 Å². The lowest BCUT2D eigenvalue weighted by Crippen LogP contribution is -2.47. The first-order valence-electron chi connectivity index (χ1n) is 6.42. The molecule has 0 bridgehead atoms. The van der Waals surface area contributed by atoms with Crippen molar-refractivity contribution >= 4 is 21.8 Å². The molecule has 1 saturated heterocycles. The van der Waals surface area contributed by atoms with Crippen molar-refractivity contribution < 1.29 is 9.53 Å². The first-order valence-corrected chi connectivity index (χ1v) is 7.22. The number of carbonyl (C=O) groups excluding carboxylic acids is 1. The number of aromatic nitrogens is 1. The molecule has 0 aromatic carbocycles. The van der Waals surface area contributed by atoms with E-state index in [1.165, 1.54) is 0 Å². The van der Waals surface area contributed by atoms with Crippen LogP contribution in [0.4, 0.5) is 0 Å². The fourth-order valence-corrected chi connectivity index (χ4v) is 2.24. The van der Waals surface area contributed by atoms with E-state index in [9.17, 15) is 4.79 Å². The Morgan fingerprint density at radius 1 is 1.63 bits per heavy atom. The summed E-state index contributed by atoms with van der Waals surface area (Å²) in [4.78, 5) is 18.3. The van der Waals surface area contributed by atoms with Crippen LogP contribution in [0.5, 0.6) is 0 Å². The van der Waals surface area contributed by atoms with Gasteiger partial charge in [-0.05, 0) is 34.6 Å². The summed E-state index contributed by atoms with van der Waals surface area (Å²) in [7, 11) is 0. The number of likely N-dealkylation sites (N-methyl/N-ethyl adjacent to an activating group) is 1. The van der Waals surface area contributed by atoms with Crippen molar-refractivity contribution in [2.45, 2.75) is 13.0 Å². The molecule has 1 N–H and O–H groups in total. The van der Waals surface area contributed by atoms with Crippen molar-refractivity contribution in [3.8, 4) is 0 Å². The van der Waals surface area contributed by atoms with Gasteiger partial charge in [-0.2, -0.15) is 0 Å². The minimum absolute atomic E-state index is 0.0704. The van der Waals surface area contributed by atoms with E-state index >= 15 is 0 Å². The highest BCUT2D eigenvalue weighted by Gasteiger charge is 2.19. The Kier molecular flexibility index (Phi) is 5.30. The van der Waals surface area contributed by atoms with Crippen LogP contribution in [0.1, 0.15) is 17.3 Å². The number of nitrogens with one attached hydrogen (secondary N) is 1. The van der Waals surface area contributed by atoms with E-state index in [2.05, 4.69) is 38.1 Å². The minimum Gasteiger partial charge on any atom is -0.374 e. The number of hydrogen-bond acceptors (Lipinski definition) is 4. The van der Waals surface area contributed by atoms with Gasteiger partial charge in [0.2, 0.25) is 0 Å². The van der Waals surface area contributed by atoms with E-state index in [4.69, 9.17) is 4.74 Å². The predicted octanol–water partition coefficient (Wildman–Crippen LogP) is 1.29. The van der Waals surface area contributed by atoms with Crippen LogP contribution >= 0.6 is 15.9 Å². The molecular weight excluding hydrogens is 310 g/mol. The number of amides is 1. The van der Waals surface area contributed by atoms with Crippen LogP contribution in [0.15, 0.2) is 22.9 Å². The maximum Gasteiger partial charge on any atom is 0.252 e. The molecule has 1 unspecified atom stereocenters. The molecule has 104 valence electrons. The zero-order valence-electron chi connectivity index (χ0n) is 10.9. The maximum absolute atomic E-state index is 11.9. The minimum atomic E-state index is -0.114. The average Bonchev–Trinajstić information content (AvgIpc) is 2.46. The van der Waals surface area contributed by atoms with Gasteiger partial charge < -0.3 is 10.1 Å². The van der Waals surface area contributed by atoms with Crippen molar-refractivity contribution in [2.75, 3.05) is 32.8 Å². The second kappa shape index (κ2) is 6.98. The average molecular weight is 328 g/mol. The molecule has 0 radical (unpaired) electrons. The zero-order valence-corrected chi connectivity index (χ0v) is 12.5. The van der Waals surface area contributed by atoms with E-state index in [-0.39, 0.29) is 12.0 Å². The van der Waals surface area contributed by atoms with Gasteiger partial charge in [-0.25, -0.2) is 4.98 Å². The first-order chi connectivity index (χ1) is 9.19. The van der Waals surface area contributed by atoms with Gasteiger partial charge in [-0.15, -0.1) is 0 Å². The van der Waals surface area contributed by atoms with Crippen molar-refractivity contribution in [3.63, 3.8) is 0 Å². The van der Waals surface area contributed by atoms with Crippen LogP contribution < -0.4 is 5.32 Å². The van der Waals surface area contributed by atoms with Crippen LogP contribution in [0.3, 0.4) is 0 Å². The molecule has 1 atom stereocenters. The molecule has 2 rings (SSSR count). The highest BCUT2D eigenvalue weighted by Crippen LogP contribution is 2.07. The lowest BCUT2D eigenvalue weighted by atomic mass is 10.2. The molecule has 6 heteroatoms. The highest BCUT2D eigenvalue weighted by molar-refractivity contribution is 9.10. The normalized spacial score (nSPS) is 20.2. The number of ether oxygens (including phenoxy) is 1. The third kappa shape index (κ3) is 4.26. The number of pyridine rings is 1. The standard InChI is InChI=1S/C13H18BrN3O2/c1-2-17-5-6-19-11(9-17)8-16-13(18)10-3-4-12(14)15-7-10/h3-4,7,11H,2,5-6,8-9H2,1H3,(H,16,18). The molecule has 0 spiro atoms. The quantitative estimate of drug-likeness (QED) is 0.847. The molecule has 5 nitrogen and oxygen atoms in total. The number of carbonyl (C=O) groups is 1. The van der Waals surface area contributed by atoms with Crippen LogP contribution in [0.25, 0.3) is 0 Å². The Morgan fingerprint density at radius 3 is 3.16 bits per heavy atom. The van der Waals surface area contributed by atoms with Crippen molar-refractivity contribution in [1.82, 2.24) is 15.2 Å². The van der Waals surface area contributed by atoms with E-state index in [0.717, 1.165) is 30.8 Å². The van der Waals surface area contributed by atoms with Crippen molar-refractivity contribution in [2.24, 2.45) is 0 Å². The van der Waals surface area contributed by atoms with Gasteiger partial charge in [0.25, 0.3) is 5.91 Å². The van der Waals surface area contributed by atoms with Crippen LogP contribution in [-0.2, 0) is 4.74 Å². The molecule has 0 aliphatic carbocycles. The zero-order chi connectivity index (χ0) is 13.7. The summed E-state index contributed by atoms with van der Waals surface area (Å²) in [6, 6.07) is 3.50. The van der Waals surface area contributed by atoms with E-state index in [0.29, 0.717) is 12.1 Å². The molecular formula is C13H18BrN3O2. The van der Waals surface area contributed by atoms with E-state index in [1.807, 2.05) is 0 Å². The highest BCUT2D eigenvalue weighted by atomic mass is 79.9. The lowest BCUT2D eigenvalue weighted by Gasteiger charge is -2.32. The molecule has 2 heterocycles. The second-order valence-corrected chi connectivity index (χ2v) is 5.28. The SMILES string of the molecule is CCN1CCOC(CNC(=O)c2ccc(Br)nc2)C1. The molecule has 1 amide bonds. The second-order valence-electron chi connectivity index (χ2n) is 4.47. The molecule has 1 aromatic rings. The van der Waals surface area contributed by atoms with Crippen molar-refractivity contribution in [3.05, 3.63) is 28.5 Å². The first kappa shape index (κ1) is 14.4. The maximum atomic E-state index is 11.9. The molecule has 1 fully saturated rings. The van der Waals surface area contributed by atoms with Gasteiger partial charge in [0, 0.05) is 25.8 Å². The molecule has 1 aromatic heterocycles. The Labute approximate surface area is 121 Å². The Balaban J connectivity index is 1.81. The Bertz CT molecular complexity index is 424. The van der Waals surface area contributed by atoms with Gasteiger partial charge >= 0.3 is 0 Å². The number of nitrogens with zero attached hydrogens (tertiary/aromatic N) is 2. The van der Waals surface area contributed by atoms with Gasteiger partial charge in [0.15, 0.2) is 0 Å². The smallest absolute Gasteiger partial charge is 0.252 e. The van der Waals surface area contributed by atoms with Gasteiger partial charge in [-0.1, -0.05) is 6.92 Å². The fraction of sp³-hybridized carbons (Fsp3) is 0.538.